The highest BCUT2D eigenvalue weighted by Crippen LogP contribution is 2.26. The summed E-state index contributed by atoms with van der Waals surface area (Å²) < 4.78 is 22.4. The average Bonchev–Trinajstić information content (AvgIpc) is 2.64. The molecule has 0 aromatic heterocycles. The number of hydrogen-bond donors (Lipinski definition) is 2. The van der Waals surface area contributed by atoms with Crippen molar-refractivity contribution in [3.05, 3.63) is 0 Å². The summed E-state index contributed by atoms with van der Waals surface area (Å²) in [7, 11) is -2.99. The number of rotatable bonds is 6. The van der Waals surface area contributed by atoms with Crippen molar-refractivity contribution in [2.45, 2.75) is 38.6 Å². The molecule has 0 aromatic carbocycles. The molecule has 0 saturated heterocycles. The molecule has 3 N–H and O–H groups in total. The third kappa shape index (κ3) is 6.02. The summed E-state index contributed by atoms with van der Waals surface area (Å²) >= 11 is 0. The molecule has 0 aliphatic heterocycles. The van der Waals surface area contributed by atoms with Crippen LogP contribution in [-0.2, 0) is 14.6 Å². The van der Waals surface area contributed by atoms with Crippen LogP contribution in [-0.4, -0.2) is 38.4 Å². The van der Waals surface area contributed by atoms with E-state index in [-0.39, 0.29) is 48.3 Å². The van der Waals surface area contributed by atoms with Crippen molar-refractivity contribution in [3.63, 3.8) is 0 Å². The molecule has 0 radical (unpaired) electrons. The number of hydrogen-bond acceptors (Lipinski definition) is 4. The Hall–Kier alpha value is -0.330. The van der Waals surface area contributed by atoms with E-state index in [4.69, 9.17) is 5.73 Å². The van der Waals surface area contributed by atoms with Gasteiger partial charge in [0, 0.05) is 24.8 Å². The third-order valence-electron chi connectivity index (χ3n) is 3.34. The van der Waals surface area contributed by atoms with E-state index in [0.29, 0.717) is 6.42 Å². The Morgan fingerprint density at radius 2 is 2.06 bits per heavy atom. The molecule has 1 amide bonds. The molecule has 1 aliphatic carbocycles. The molecule has 5 nitrogen and oxygen atoms in total. The van der Waals surface area contributed by atoms with E-state index in [9.17, 15) is 13.2 Å². The maximum Gasteiger partial charge on any atom is 0.220 e. The van der Waals surface area contributed by atoms with E-state index in [2.05, 4.69) is 5.32 Å². The lowest BCUT2D eigenvalue weighted by Crippen LogP contribution is -2.34. The highest BCUT2D eigenvalue weighted by Gasteiger charge is 2.25. The molecule has 1 saturated carbocycles. The lowest BCUT2D eigenvalue weighted by Gasteiger charge is -2.14. The zero-order valence-corrected chi connectivity index (χ0v) is 12.4. The van der Waals surface area contributed by atoms with Crippen LogP contribution in [0.2, 0.25) is 0 Å². The number of nitrogens with one attached hydrogen (secondary N) is 1. The normalized spacial score (nSPS) is 23.4. The van der Waals surface area contributed by atoms with E-state index in [1.807, 2.05) is 0 Å². The highest BCUT2D eigenvalue weighted by atomic mass is 35.5. The molecule has 0 unspecified atom stereocenters. The molecule has 0 aromatic rings. The number of carbonyl (C=O) groups excluding carboxylic acids is 1. The Kier molecular flexibility index (Phi) is 7.82. The van der Waals surface area contributed by atoms with Crippen molar-refractivity contribution >= 4 is 28.2 Å². The predicted molar refractivity (Wildman–Crippen MR) is 74.5 cm³/mol. The van der Waals surface area contributed by atoms with Gasteiger partial charge in [0.1, 0.15) is 0 Å². The molecule has 1 fully saturated rings. The lowest BCUT2D eigenvalue weighted by molar-refractivity contribution is -0.121. The summed E-state index contributed by atoms with van der Waals surface area (Å²) in [5.74, 6) is 0.318. The Balaban J connectivity index is 0.00000289. The van der Waals surface area contributed by atoms with Gasteiger partial charge in [-0.1, -0.05) is 13.3 Å². The molecular weight excluding hydrogens is 276 g/mol. The first-order chi connectivity index (χ1) is 7.94. The Morgan fingerprint density at radius 3 is 2.56 bits per heavy atom. The fourth-order valence-electron chi connectivity index (χ4n) is 2.12. The molecule has 0 heterocycles. The maximum atomic E-state index is 11.6. The average molecular weight is 299 g/mol. The number of halogens is 1. The monoisotopic (exact) mass is 298 g/mol. The Morgan fingerprint density at radius 1 is 1.39 bits per heavy atom. The van der Waals surface area contributed by atoms with Crippen molar-refractivity contribution in [3.8, 4) is 0 Å². The number of amides is 1. The number of nitrogens with two attached hydrogens (primary N) is 1. The second kappa shape index (κ2) is 7.96. The van der Waals surface area contributed by atoms with Gasteiger partial charge in [-0.3, -0.25) is 4.79 Å². The zero-order valence-electron chi connectivity index (χ0n) is 10.7. The van der Waals surface area contributed by atoms with Crippen LogP contribution in [0.3, 0.4) is 0 Å². The molecule has 7 heteroatoms. The molecule has 108 valence electrons. The van der Waals surface area contributed by atoms with Gasteiger partial charge in [0.2, 0.25) is 5.91 Å². The topological polar surface area (TPSA) is 89.3 Å². The molecule has 1 rings (SSSR count). The minimum Gasteiger partial charge on any atom is -0.355 e. The summed E-state index contributed by atoms with van der Waals surface area (Å²) in [6.07, 6.45) is 3.50. The van der Waals surface area contributed by atoms with Gasteiger partial charge >= 0.3 is 0 Å². The van der Waals surface area contributed by atoms with Gasteiger partial charge in [-0.25, -0.2) is 8.42 Å². The molecule has 0 spiro atoms. The van der Waals surface area contributed by atoms with Gasteiger partial charge in [-0.15, -0.1) is 12.4 Å². The SMILES string of the molecule is CCS(=O)(=O)CCNC(=O)C[C@@H]1CCC[C@H]1N.Cl. The first kappa shape index (κ1) is 17.7. The largest absolute Gasteiger partial charge is 0.355 e. The predicted octanol–water partition coefficient (Wildman–Crippen LogP) is 0.477. The van der Waals surface area contributed by atoms with E-state index in [1.54, 1.807) is 6.92 Å². The highest BCUT2D eigenvalue weighted by molar-refractivity contribution is 7.91. The van der Waals surface area contributed by atoms with Crippen LogP contribution in [0.1, 0.15) is 32.6 Å². The van der Waals surface area contributed by atoms with Crippen LogP contribution >= 0.6 is 12.4 Å². The van der Waals surface area contributed by atoms with Crippen LogP contribution < -0.4 is 11.1 Å². The number of sulfone groups is 1. The third-order valence-corrected chi connectivity index (χ3v) is 5.05. The van der Waals surface area contributed by atoms with E-state index < -0.39 is 9.84 Å². The van der Waals surface area contributed by atoms with Crippen LogP contribution in [0.25, 0.3) is 0 Å². The van der Waals surface area contributed by atoms with E-state index in [1.165, 1.54) is 0 Å². The summed E-state index contributed by atoms with van der Waals surface area (Å²) in [4.78, 5) is 11.6. The van der Waals surface area contributed by atoms with Gasteiger partial charge in [-0.2, -0.15) is 0 Å². The van der Waals surface area contributed by atoms with E-state index in [0.717, 1.165) is 19.3 Å². The molecule has 2 atom stereocenters. The summed E-state index contributed by atoms with van der Waals surface area (Å²) in [5, 5.41) is 2.65. The van der Waals surface area contributed by atoms with Crippen molar-refractivity contribution in [2.24, 2.45) is 11.7 Å². The van der Waals surface area contributed by atoms with Crippen LogP contribution in [0.4, 0.5) is 0 Å². The van der Waals surface area contributed by atoms with E-state index >= 15 is 0 Å². The minimum atomic E-state index is -2.99. The lowest BCUT2D eigenvalue weighted by atomic mass is 10.00. The van der Waals surface area contributed by atoms with Gasteiger partial charge < -0.3 is 11.1 Å². The first-order valence-corrected chi connectivity index (χ1v) is 7.99. The Labute approximate surface area is 115 Å². The van der Waals surface area contributed by atoms with Crippen molar-refractivity contribution in [2.75, 3.05) is 18.1 Å². The molecular formula is C11H23ClN2O3S. The minimum absolute atomic E-state index is 0. The maximum absolute atomic E-state index is 11.6. The second-order valence-electron chi connectivity index (χ2n) is 4.65. The first-order valence-electron chi connectivity index (χ1n) is 6.17. The number of carbonyl (C=O) groups is 1. The van der Waals surface area contributed by atoms with Crippen molar-refractivity contribution in [1.29, 1.82) is 0 Å². The molecule has 18 heavy (non-hydrogen) atoms. The summed E-state index contributed by atoms with van der Waals surface area (Å²) in [5.41, 5.74) is 5.87. The quantitative estimate of drug-likeness (QED) is 0.746. The molecule has 1 aliphatic rings. The zero-order chi connectivity index (χ0) is 12.9. The van der Waals surface area contributed by atoms with Crippen LogP contribution in [0.5, 0.6) is 0 Å². The van der Waals surface area contributed by atoms with Gasteiger partial charge in [0.25, 0.3) is 0 Å². The van der Waals surface area contributed by atoms with Gasteiger partial charge in [0.05, 0.1) is 5.75 Å². The fourth-order valence-corrected chi connectivity index (χ4v) is 2.82. The smallest absolute Gasteiger partial charge is 0.220 e. The fraction of sp³-hybridized carbons (Fsp3) is 0.909. The second-order valence-corrected chi connectivity index (χ2v) is 7.12. The standard InChI is InChI=1S/C11H22N2O3S.ClH/c1-2-17(15,16)7-6-13-11(14)8-9-4-3-5-10(9)12;/h9-10H,2-8,12H2,1H3,(H,13,14);1H/t9-,10+;/m0./s1. The van der Waals surface area contributed by atoms with Crippen molar-refractivity contribution < 1.29 is 13.2 Å². The molecule has 0 bridgehead atoms. The van der Waals surface area contributed by atoms with Crippen molar-refractivity contribution in [1.82, 2.24) is 5.32 Å². The van der Waals surface area contributed by atoms with Crippen LogP contribution in [0, 0.1) is 5.92 Å². The van der Waals surface area contributed by atoms with Gasteiger partial charge in [0.15, 0.2) is 9.84 Å². The Bertz CT molecular complexity index is 359. The summed E-state index contributed by atoms with van der Waals surface area (Å²) in [6, 6.07) is 0.125. The van der Waals surface area contributed by atoms with Crippen LogP contribution in [0.15, 0.2) is 0 Å². The summed E-state index contributed by atoms with van der Waals surface area (Å²) in [6.45, 7) is 1.81. The van der Waals surface area contributed by atoms with Gasteiger partial charge in [-0.05, 0) is 18.8 Å².